The van der Waals surface area contributed by atoms with Gasteiger partial charge < -0.3 is 16.0 Å². The molecule has 2 aromatic rings. The summed E-state index contributed by atoms with van der Waals surface area (Å²) < 4.78 is 0. The number of hydrogen-bond donors (Lipinski definition) is 2. The first-order valence-corrected chi connectivity index (χ1v) is 6.79. The summed E-state index contributed by atoms with van der Waals surface area (Å²) in [5, 5.41) is 2.95. The van der Waals surface area contributed by atoms with E-state index in [1.807, 2.05) is 38.4 Å². The van der Waals surface area contributed by atoms with E-state index in [2.05, 4.69) is 15.2 Å². The Morgan fingerprint density at radius 1 is 1.29 bits per heavy atom. The van der Waals surface area contributed by atoms with Gasteiger partial charge >= 0.3 is 0 Å². The first-order chi connectivity index (χ1) is 10.1. The molecule has 110 valence electrons. The molecule has 5 nitrogen and oxygen atoms in total. The second-order valence-electron chi connectivity index (χ2n) is 5.09. The van der Waals surface area contributed by atoms with Crippen LogP contribution in [0.25, 0.3) is 0 Å². The Bertz CT molecular complexity index is 625. The highest BCUT2D eigenvalue weighted by Crippen LogP contribution is 2.17. The van der Waals surface area contributed by atoms with Gasteiger partial charge in [0.1, 0.15) is 0 Å². The predicted molar refractivity (Wildman–Crippen MR) is 83.9 cm³/mol. The molecule has 0 saturated heterocycles. The maximum atomic E-state index is 12.3. The molecular formula is C16H20N4O. The minimum atomic E-state index is -0.154. The van der Waals surface area contributed by atoms with Crippen molar-refractivity contribution in [3.8, 4) is 0 Å². The highest BCUT2D eigenvalue weighted by Gasteiger charge is 2.10. The minimum Gasteiger partial charge on any atom is -0.325 e. The molecule has 5 heteroatoms. The lowest BCUT2D eigenvalue weighted by atomic mass is 10.1. The van der Waals surface area contributed by atoms with Crippen molar-refractivity contribution in [2.75, 3.05) is 19.4 Å². The zero-order chi connectivity index (χ0) is 15.2. The van der Waals surface area contributed by atoms with E-state index < -0.39 is 0 Å². The summed E-state index contributed by atoms with van der Waals surface area (Å²) in [6.45, 7) is 1.08. The topological polar surface area (TPSA) is 71.2 Å². The number of anilines is 1. The van der Waals surface area contributed by atoms with Crippen LogP contribution < -0.4 is 11.1 Å². The van der Waals surface area contributed by atoms with Crippen LogP contribution in [-0.4, -0.2) is 29.9 Å². The number of rotatable bonds is 5. The third-order valence-electron chi connectivity index (χ3n) is 3.04. The van der Waals surface area contributed by atoms with E-state index >= 15 is 0 Å². The average molecular weight is 284 g/mol. The summed E-state index contributed by atoms with van der Waals surface area (Å²) in [7, 11) is 3.99. The molecule has 0 atom stereocenters. The molecule has 0 aliphatic heterocycles. The summed E-state index contributed by atoms with van der Waals surface area (Å²) in [5.74, 6) is -0.154. The van der Waals surface area contributed by atoms with Crippen LogP contribution >= 0.6 is 0 Å². The van der Waals surface area contributed by atoms with Gasteiger partial charge in [0.2, 0.25) is 0 Å². The number of benzene rings is 1. The standard InChI is InChI=1S/C16H20N4O/c1-20(2)11-13-5-3-4-6-15(13)19-16(21)12-7-8-18-14(9-12)10-17/h3-9H,10-11,17H2,1-2H3,(H,19,21). The molecule has 0 saturated carbocycles. The Morgan fingerprint density at radius 3 is 2.76 bits per heavy atom. The molecule has 3 N–H and O–H groups in total. The highest BCUT2D eigenvalue weighted by molar-refractivity contribution is 6.04. The summed E-state index contributed by atoms with van der Waals surface area (Å²) in [6, 6.07) is 11.2. The second kappa shape index (κ2) is 6.97. The molecule has 0 aliphatic rings. The van der Waals surface area contributed by atoms with Crippen molar-refractivity contribution < 1.29 is 4.79 Å². The van der Waals surface area contributed by atoms with Crippen molar-refractivity contribution >= 4 is 11.6 Å². The van der Waals surface area contributed by atoms with Crippen molar-refractivity contribution in [3.63, 3.8) is 0 Å². The number of carbonyl (C=O) groups excluding carboxylic acids is 1. The van der Waals surface area contributed by atoms with Crippen LogP contribution in [0.4, 0.5) is 5.69 Å². The van der Waals surface area contributed by atoms with E-state index in [-0.39, 0.29) is 5.91 Å². The van der Waals surface area contributed by atoms with Gasteiger partial charge in [-0.25, -0.2) is 0 Å². The van der Waals surface area contributed by atoms with Crippen molar-refractivity contribution in [2.24, 2.45) is 5.73 Å². The SMILES string of the molecule is CN(C)Cc1ccccc1NC(=O)c1ccnc(CN)c1. The van der Waals surface area contributed by atoms with Gasteiger partial charge in [-0.05, 0) is 37.9 Å². The predicted octanol–water partition coefficient (Wildman–Crippen LogP) is 1.85. The van der Waals surface area contributed by atoms with Gasteiger partial charge in [-0.3, -0.25) is 9.78 Å². The molecule has 0 radical (unpaired) electrons. The number of nitrogens with zero attached hydrogens (tertiary/aromatic N) is 2. The molecule has 1 amide bonds. The maximum Gasteiger partial charge on any atom is 0.255 e. The Hall–Kier alpha value is -2.24. The summed E-state index contributed by atoms with van der Waals surface area (Å²) in [5.41, 5.74) is 8.70. The fourth-order valence-electron chi connectivity index (χ4n) is 2.05. The number of nitrogens with one attached hydrogen (secondary N) is 1. The van der Waals surface area contributed by atoms with Crippen LogP contribution in [0.15, 0.2) is 42.6 Å². The number of nitrogens with two attached hydrogens (primary N) is 1. The fraction of sp³-hybridized carbons (Fsp3) is 0.250. The number of para-hydroxylation sites is 1. The Kier molecular flexibility index (Phi) is 5.03. The lowest BCUT2D eigenvalue weighted by molar-refractivity contribution is 0.102. The van der Waals surface area contributed by atoms with Crippen molar-refractivity contribution in [2.45, 2.75) is 13.1 Å². The van der Waals surface area contributed by atoms with Gasteiger partial charge in [0.25, 0.3) is 5.91 Å². The van der Waals surface area contributed by atoms with Crippen LogP contribution in [0.5, 0.6) is 0 Å². The van der Waals surface area contributed by atoms with E-state index in [4.69, 9.17) is 5.73 Å². The Balaban J connectivity index is 2.19. The van der Waals surface area contributed by atoms with E-state index in [9.17, 15) is 4.79 Å². The van der Waals surface area contributed by atoms with Gasteiger partial charge in [0.05, 0.1) is 5.69 Å². The van der Waals surface area contributed by atoms with E-state index in [1.165, 1.54) is 0 Å². The first kappa shape index (κ1) is 15.2. The fourth-order valence-corrected chi connectivity index (χ4v) is 2.05. The molecule has 0 bridgehead atoms. The molecule has 0 spiro atoms. The van der Waals surface area contributed by atoms with Gasteiger partial charge in [-0.2, -0.15) is 0 Å². The molecule has 0 fully saturated rings. The molecule has 1 heterocycles. The van der Waals surface area contributed by atoms with Crippen molar-refractivity contribution in [3.05, 3.63) is 59.4 Å². The lowest BCUT2D eigenvalue weighted by Gasteiger charge is -2.15. The van der Waals surface area contributed by atoms with Crippen molar-refractivity contribution in [1.82, 2.24) is 9.88 Å². The van der Waals surface area contributed by atoms with Gasteiger partial charge in [-0.1, -0.05) is 18.2 Å². The Morgan fingerprint density at radius 2 is 2.05 bits per heavy atom. The zero-order valence-corrected chi connectivity index (χ0v) is 12.3. The number of pyridine rings is 1. The van der Waals surface area contributed by atoms with Crippen LogP contribution in [0.2, 0.25) is 0 Å². The first-order valence-electron chi connectivity index (χ1n) is 6.79. The van der Waals surface area contributed by atoms with E-state index in [0.29, 0.717) is 17.8 Å². The van der Waals surface area contributed by atoms with Gasteiger partial charge in [-0.15, -0.1) is 0 Å². The maximum absolute atomic E-state index is 12.3. The quantitative estimate of drug-likeness (QED) is 0.879. The molecule has 1 aromatic carbocycles. The summed E-state index contributed by atoms with van der Waals surface area (Å²) >= 11 is 0. The zero-order valence-electron chi connectivity index (χ0n) is 12.3. The third-order valence-corrected chi connectivity index (χ3v) is 3.04. The molecular weight excluding hydrogens is 264 g/mol. The van der Waals surface area contributed by atoms with E-state index in [0.717, 1.165) is 17.8 Å². The highest BCUT2D eigenvalue weighted by atomic mass is 16.1. The summed E-state index contributed by atoms with van der Waals surface area (Å²) in [6.07, 6.45) is 1.60. The third kappa shape index (κ3) is 4.11. The molecule has 21 heavy (non-hydrogen) atoms. The average Bonchev–Trinajstić information content (AvgIpc) is 2.48. The van der Waals surface area contributed by atoms with Crippen LogP contribution in [0.1, 0.15) is 21.6 Å². The van der Waals surface area contributed by atoms with Gasteiger partial charge in [0.15, 0.2) is 0 Å². The number of amides is 1. The van der Waals surface area contributed by atoms with Gasteiger partial charge in [0, 0.05) is 30.5 Å². The van der Waals surface area contributed by atoms with Crippen LogP contribution in [-0.2, 0) is 13.1 Å². The van der Waals surface area contributed by atoms with Crippen LogP contribution in [0.3, 0.4) is 0 Å². The second-order valence-corrected chi connectivity index (χ2v) is 5.09. The number of aromatic nitrogens is 1. The number of hydrogen-bond acceptors (Lipinski definition) is 4. The van der Waals surface area contributed by atoms with Crippen molar-refractivity contribution in [1.29, 1.82) is 0 Å². The Labute approximate surface area is 124 Å². The molecule has 1 aromatic heterocycles. The molecule has 2 rings (SSSR count). The number of carbonyl (C=O) groups is 1. The summed E-state index contributed by atoms with van der Waals surface area (Å²) in [4.78, 5) is 18.5. The smallest absolute Gasteiger partial charge is 0.255 e. The van der Waals surface area contributed by atoms with Crippen LogP contribution in [0, 0.1) is 0 Å². The normalized spacial score (nSPS) is 10.7. The largest absolute Gasteiger partial charge is 0.325 e. The molecule has 0 aliphatic carbocycles. The minimum absolute atomic E-state index is 0.154. The molecule has 0 unspecified atom stereocenters. The monoisotopic (exact) mass is 284 g/mol. The van der Waals surface area contributed by atoms with E-state index in [1.54, 1.807) is 18.3 Å². The lowest BCUT2D eigenvalue weighted by Crippen LogP contribution is -2.17.